The molecular weight excluding hydrogens is 494 g/mol. The summed E-state index contributed by atoms with van der Waals surface area (Å²) < 4.78 is 17.7. The molecule has 4 N–H and O–H groups in total. The molecule has 1 atom stereocenters. The summed E-state index contributed by atoms with van der Waals surface area (Å²) in [5.41, 5.74) is 8.98. The molecule has 39 heavy (non-hydrogen) atoms. The topological polar surface area (TPSA) is 120 Å². The molecule has 1 unspecified atom stereocenters. The highest BCUT2D eigenvalue weighted by Gasteiger charge is 2.31. The molecule has 0 bridgehead atoms. The molecule has 0 saturated heterocycles. The van der Waals surface area contributed by atoms with Crippen LogP contribution in [0.3, 0.4) is 0 Å². The highest BCUT2D eigenvalue weighted by atomic mass is 16.5. The van der Waals surface area contributed by atoms with Gasteiger partial charge in [-0.3, -0.25) is 4.98 Å². The van der Waals surface area contributed by atoms with Gasteiger partial charge in [-0.25, -0.2) is 4.79 Å². The number of rotatable bonds is 10. The van der Waals surface area contributed by atoms with E-state index in [1.165, 1.54) is 0 Å². The van der Waals surface area contributed by atoms with Crippen LogP contribution in [0.25, 0.3) is 21.7 Å². The number of nitrogens with two attached hydrogens (primary N) is 1. The van der Waals surface area contributed by atoms with E-state index in [0.717, 1.165) is 11.1 Å². The van der Waals surface area contributed by atoms with Gasteiger partial charge in [0, 0.05) is 47.2 Å². The predicted molar refractivity (Wildman–Crippen MR) is 150 cm³/mol. The Kier molecular flexibility index (Phi) is 7.76. The van der Waals surface area contributed by atoms with E-state index in [-0.39, 0.29) is 17.9 Å². The highest BCUT2D eigenvalue weighted by Crippen LogP contribution is 2.46. The standard InChI is InChI=1S/C31H31N3O5/c1-3-37-31(36)25-19(2)39-30-24-17-22(38-18-20-7-5-4-6-8-20)9-10-23(24)29(35)27(26(25)30)28(34-16-13-32)21-11-14-33-15-12-21/h4-12,14-15,17,28,34-35H,3,13,16,18,32H2,1-2H3. The number of pyridine rings is 1. The molecule has 5 aromatic rings. The van der Waals surface area contributed by atoms with Gasteiger partial charge >= 0.3 is 5.97 Å². The van der Waals surface area contributed by atoms with Crippen LogP contribution in [0, 0.1) is 6.92 Å². The number of aromatic hydroxyl groups is 1. The number of nitrogens with one attached hydrogen (secondary N) is 1. The number of carbonyl (C=O) groups excluding carboxylic acids is 1. The molecule has 0 spiro atoms. The number of aromatic nitrogens is 1. The lowest BCUT2D eigenvalue weighted by Gasteiger charge is -2.23. The number of carbonyl (C=O) groups is 1. The van der Waals surface area contributed by atoms with Crippen molar-refractivity contribution in [1.82, 2.24) is 10.3 Å². The SMILES string of the molecule is CCOC(=O)c1c(C)oc2c1c(C(NCCN)c1ccncc1)c(O)c1ccc(OCc3ccccc3)cc12. The maximum absolute atomic E-state index is 13.2. The first-order valence-corrected chi connectivity index (χ1v) is 12.9. The molecule has 2 heterocycles. The minimum atomic E-state index is -0.516. The number of esters is 1. The summed E-state index contributed by atoms with van der Waals surface area (Å²) in [6.45, 7) is 4.93. The van der Waals surface area contributed by atoms with Crippen LogP contribution in [0.5, 0.6) is 11.5 Å². The first-order chi connectivity index (χ1) is 19.0. The molecule has 5 rings (SSSR count). The van der Waals surface area contributed by atoms with Crippen LogP contribution < -0.4 is 15.8 Å². The number of fused-ring (bicyclic) bond motifs is 3. The van der Waals surface area contributed by atoms with E-state index >= 15 is 0 Å². The van der Waals surface area contributed by atoms with Gasteiger partial charge in [-0.2, -0.15) is 0 Å². The Morgan fingerprint density at radius 1 is 1.10 bits per heavy atom. The summed E-state index contributed by atoms with van der Waals surface area (Å²) in [7, 11) is 0. The quantitative estimate of drug-likeness (QED) is 0.208. The van der Waals surface area contributed by atoms with E-state index in [4.69, 9.17) is 19.6 Å². The Bertz CT molecular complexity index is 1600. The largest absolute Gasteiger partial charge is 0.507 e. The van der Waals surface area contributed by atoms with Crippen LogP contribution in [0.2, 0.25) is 0 Å². The number of ether oxygens (including phenoxy) is 2. The molecule has 200 valence electrons. The van der Waals surface area contributed by atoms with E-state index in [1.807, 2.05) is 60.7 Å². The van der Waals surface area contributed by atoms with Crippen molar-refractivity contribution < 1.29 is 23.8 Å². The Morgan fingerprint density at radius 3 is 2.59 bits per heavy atom. The lowest BCUT2D eigenvalue weighted by atomic mass is 9.90. The number of nitrogens with zero attached hydrogens (tertiary/aromatic N) is 1. The van der Waals surface area contributed by atoms with Crippen molar-refractivity contribution in [3.8, 4) is 11.5 Å². The number of hydrogen-bond acceptors (Lipinski definition) is 8. The Balaban J connectivity index is 1.75. The number of phenolic OH excluding ortho intramolecular Hbond substituents is 1. The van der Waals surface area contributed by atoms with Gasteiger partial charge in [0.1, 0.15) is 35.0 Å². The van der Waals surface area contributed by atoms with E-state index < -0.39 is 12.0 Å². The summed E-state index contributed by atoms with van der Waals surface area (Å²) in [5, 5.41) is 16.9. The molecule has 0 saturated carbocycles. The van der Waals surface area contributed by atoms with Gasteiger partial charge in [-0.15, -0.1) is 0 Å². The van der Waals surface area contributed by atoms with Crippen LogP contribution in [-0.4, -0.2) is 35.8 Å². The zero-order chi connectivity index (χ0) is 27.4. The van der Waals surface area contributed by atoms with Gasteiger partial charge in [-0.1, -0.05) is 30.3 Å². The fraction of sp³-hybridized carbons (Fsp3) is 0.226. The van der Waals surface area contributed by atoms with Crippen molar-refractivity contribution >= 4 is 27.7 Å². The second-order valence-corrected chi connectivity index (χ2v) is 9.16. The first-order valence-electron chi connectivity index (χ1n) is 12.9. The smallest absolute Gasteiger partial charge is 0.342 e. The second-order valence-electron chi connectivity index (χ2n) is 9.16. The van der Waals surface area contributed by atoms with Gasteiger partial charge in [0.25, 0.3) is 0 Å². The molecule has 0 radical (unpaired) electrons. The van der Waals surface area contributed by atoms with E-state index in [2.05, 4.69) is 10.3 Å². The van der Waals surface area contributed by atoms with Gasteiger partial charge in [0.15, 0.2) is 0 Å². The molecule has 2 aromatic heterocycles. The number of hydrogen-bond donors (Lipinski definition) is 3. The normalized spacial score (nSPS) is 12.1. The fourth-order valence-electron chi connectivity index (χ4n) is 4.90. The van der Waals surface area contributed by atoms with Crippen molar-refractivity contribution in [1.29, 1.82) is 0 Å². The third-order valence-electron chi connectivity index (χ3n) is 6.65. The number of aryl methyl sites for hydroxylation is 1. The minimum absolute atomic E-state index is 0.0322. The zero-order valence-corrected chi connectivity index (χ0v) is 21.9. The van der Waals surface area contributed by atoms with Gasteiger partial charge in [-0.05, 0) is 55.3 Å². The van der Waals surface area contributed by atoms with E-state index in [0.29, 0.717) is 58.5 Å². The van der Waals surface area contributed by atoms with E-state index in [1.54, 1.807) is 26.2 Å². The molecule has 8 nitrogen and oxygen atoms in total. The highest BCUT2D eigenvalue weighted by molar-refractivity contribution is 6.17. The number of phenols is 1. The van der Waals surface area contributed by atoms with Crippen LogP contribution in [0.1, 0.15) is 45.8 Å². The second kappa shape index (κ2) is 11.6. The summed E-state index contributed by atoms with van der Waals surface area (Å²) in [6, 6.07) is 18.5. The molecule has 0 aliphatic heterocycles. The molecule has 3 aromatic carbocycles. The summed E-state index contributed by atoms with van der Waals surface area (Å²) >= 11 is 0. The predicted octanol–water partition coefficient (Wildman–Crippen LogP) is 5.39. The third kappa shape index (κ3) is 5.16. The van der Waals surface area contributed by atoms with Crippen LogP contribution in [0.15, 0.2) is 77.5 Å². The van der Waals surface area contributed by atoms with Crippen LogP contribution >= 0.6 is 0 Å². The summed E-state index contributed by atoms with van der Waals surface area (Å²) in [6.07, 6.45) is 3.37. The molecule has 8 heteroatoms. The van der Waals surface area contributed by atoms with Gasteiger partial charge in [0.2, 0.25) is 0 Å². The van der Waals surface area contributed by atoms with Gasteiger partial charge < -0.3 is 30.0 Å². The Hall–Kier alpha value is -4.40. The molecular formula is C31H31N3O5. The molecule has 0 aliphatic carbocycles. The third-order valence-corrected chi connectivity index (χ3v) is 6.65. The molecule has 0 aliphatic rings. The van der Waals surface area contributed by atoms with Crippen molar-refractivity contribution in [3.63, 3.8) is 0 Å². The maximum atomic E-state index is 13.2. The lowest BCUT2D eigenvalue weighted by Crippen LogP contribution is -2.28. The van der Waals surface area contributed by atoms with E-state index in [9.17, 15) is 9.90 Å². The number of benzene rings is 3. The summed E-state index contributed by atoms with van der Waals surface area (Å²) in [5.74, 6) is 0.528. The fourth-order valence-corrected chi connectivity index (χ4v) is 4.90. The van der Waals surface area contributed by atoms with Crippen molar-refractivity contribution in [2.45, 2.75) is 26.5 Å². The Morgan fingerprint density at radius 2 is 1.87 bits per heavy atom. The zero-order valence-electron chi connectivity index (χ0n) is 21.9. The Labute approximate surface area is 226 Å². The summed E-state index contributed by atoms with van der Waals surface area (Å²) in [4.78, 5) is 17.3. The molecule has 0 amide bonds. The van der Waals surface area contributed by atoms with Crippen LogP contribution in [-0.2, 0) is 11.3 Å². The van der Waals surface area contributed by atoms with Crippen LogP contribution in [0.4, 0.5) is 0 Å². The average molecular weight is 526 g/mol. The van der Waals surface area contributed by atoms with Crippen molar-refractivity contribution in [2.24, 2.45) is 5.73 Å². The van der Waals surface area contributed by atoms with Gasteiger partial charge in [0.05, 0.1) is 12.6 Å². The maximum Gasteiger partial charge on any atom is 0.342 e. The first kappa shape index (κ1) is 26.2. The van der Waals surface area contributed by atoms with Crippen molar-refractivity contribution in [3.05, 3.63) is 101 Å². The number of furan rings is 1. The monoisotopic (exact) mass is 525 g/mol. The average Bonchev–Trinajstić information content (AvgIpc) is 3.31. The minimum Gasteiger partial charge on any atom is -0.507 e. The lowest BCUT2D eigenvalue weighted by molar-refractivity contribution is 0.0526. The molecule has 0 fully saturated rings. The van der Waals surface area contributed by atoms with Crippen molar-refractivity contribution in [2.75, 3.05) is 19.7 Å².